The summed E-state index contributed by atoms with van der Waals surface area (Å²) in [6.45, 7) is 4.21. The van der Waals surface area contributed by atoms with E-state index >= 15 is 0 Å². The van der Waals surface area contributed by atoms with Crippen LogP contribution < -0.4 is 4.90 Å². The van der Waals surface area contributed by atoms with Crippen molar-refractivity contribution in [2.75, 3.05) is 11.9 Å². The van der Waals surface area contributed by atoms with Crippen LogP contribution >= 0.6 is 22.9 Å². The lowest BCUT2D eigenvalue weighted by molar-refractivity contribution is 0.475. The van der Waals surface area contributed by atoms with E-state index in [-0.39, 0.29) is 11.0 Å². The average molecular weight is 396 g/mol. The maximum atomic E-state index is 9.57. The molecule has 4 rings (SSSR count). The van der Waals surface area contributed by atoms with Crippen LogP contribution in [0.2, 0.25) is 5.28 Å². The first-order valence-corrected chi connectivity index (χ1v) is 9.75. The SMILES string of the molecule is Cc1ccc(-c2csc3nc(Cl)nc(N(C)c4ccc(O)cc4)c23)c(C)c1. The minimum absolute atomic E-state index is 0.220. The van der Waals surface area contributed by atoms with Crippen LogP contribution in [-0.4, -0.2) is 22.1 Å². The fourth-order valence-electron chi connectivity index (χ4n) is 3.25. The Balaban J connectivity index is 1.95. The van der Waals surface area contributed by atoms with E-state index in [1.807, 2.05) is 24.1 Å². The molecule has 0 aliphatic carbocycles. The van der Waals surface area contributed by atoms with Crippen LogP contribution in [0.25, 0.3) is 21.3 Å². The van der Waals surface area contributed by atoms with Gasteiger partial charge in [0.25, 0.3) is 0 Å². The van der Waals surface area contributed by atoms with Gasteiger partial charge in [-0.15, -0.1) is 11.3 Å². The Hall–Kier alpha value is -2.63. The molecule has 2 heterocycles. The van der Waals surface area contributed by atoms with Gasteiger partial charge in [0.15, 0.2) is 0 Å². The molecule has 0 fully saturated rings. The predicted octanol–water partition coefficient (Wildman–Crippen LogP) is 6.10. The van der Waals surface area contributed by atoms with Gasteiger partial charge in [-0.3, -0.25) is 0 Å². The van der Waals surface area contributed by atoms with Crippen LogP contribution in [0.5, 0.6) is 5.75 Å². The number of hydrogen-bond donors (Lipinski definition) is 1. The van der Waals surface area contributed by atoms with E-state index in [4.69, 9.17) is 11.6 Å². The standard InChI is InChI=1S/C21H18ClN3OS/c1-12-4-9-16(13(2)10-12)17-11-27-20-18(17)19(23-21(22)24-20)25(3)14-5-7-15(26)8-6-14/h4-11,26H,1-3H3. The number of phenolic OH excluding ortho intramolecular Hbond substituents is 1. The highest BCUT2D eigenvalue weighted by Gasteiger charge is 2.19. The number of aromatic hydroxyl groups is 1. The first-order valence-electron chi connectivity index (χ1n) is 8.49. The van der Waals surface area contributed by atoms with Crippen LogP contribution in [-0.2, 0) is 0 Å². The number of benzene rings is 2. The van der Waals surface area contributed by atoms with Gasteiger partial charge in [0.05, 0.1) is 5.39 Å². The molecule has 2 aromatic heterocycles. The highest BCUT2D eigenvalue weighted by molar-refractivity contribution is 7.17. The summed E-state index contributed by atoms with van der Waals surface area (Å²) in [5, 5.41) is 12.9. The Morgan fingerprint density at radius 2 is 1.74 bits per heavy atom. The molecular formula is C21H18ClN3OS. The van der Waals surface area contributed by atoms with Crippen LogP contribution in [0, 0.1) is 13.8 Å². The first-order chi connectivity index (χ1) is 12.9. The number of rotatable bonds is 3. The molecule has 1 N–H and O–H groups in total. The second kappa shape index (κ2) is 6.83. The number of phenols is 1. The van der Waals surface area contributed by atoms with E-state index in [0.717, 1.165) is 32.8 Å². The van der Waals surface area contributed by atoms with Crippen molar-refractivity contribution in [3.63, 3.8) is 0 Å². The molecule has 0 aliphatic rings. The lowest BCUT2D eigenvalue weighted by atomic mass is 9.99. The molecule has 0 saturated carbocycles. The van der Waals surface area contributed by atoms with Crippen molar-refractivity contribution < 1.29 is 5.11 Å². The van der Waals surface area contributed by atoms with E-state index in [0.29, 0.717) is 0 Å². The Kier molecular flexibility index (Phi) is 4.50. The predicted molar refractivity (Wildman–Crippen MR) is 114 cm³/mol. The molecule has 27 heavy (non-hydrogen) atoms. The molecule has 0 bridgehead atoms. The third-order valence-corrected chi connectivity index (χ3v) is 5.66. The van der Waals surface area contributed by atoms with Gasteiger partial charge in [0.2, 0.25) is 5.28 Å². The topological polar surface area (TPSA) is 49.2 Å². The van der Waals surface area contributed by atoms with Crippen molar-refractivity contribution in [3.8, 4) is 16.9 Å². The summed E-state index contributed by atoms with van der Waals surface area (Å²) < 4.78 is 0. The summed E-state index contributed by atoms with van der Waals surface area (Å²) >= 11 is 7.77. The first kappa shape index (κ1) is 17.8. The Bertz CT molecular complexity index is 1140. The zero-order valence-corrected chi connectivity index (χ0v) is 16.8. The van der Waals surface area contributed by atoms with Gasteiger partial charge in [-0.2, -0.15) is 4.98 Å². The molecular weight excluding hydrogens is 378 g/mol. The smallest absolute Gasteiger partial charge is 0.225 e. The number of anilines is 2. The quantitative estimate of drug-likeness (QED) is 0.425. The second-order valence-electron chi connectivity index (χ2n) is 6.54. The number of hydrogen-bond acceptors (Lipinski definition) is 5. The van der Waals surface area contributed by atoms with Gasteiger partial charge >= 0.3 is 0 Å². The lowest BCUT2D eigenvalue weighted by Crippen LogP contribution is -2.12. The number of nitrogens with zero attached hydrogens (tertiary/aromatic N) is 3. The molecule has 136 valence electrons. The monoisotopic (exact) mass is 395 g/mol. The molecule has 4 aromatic rings. The van der Waals surface area contributed by atoms with Gasteiger partial charge in [0, 0.05) is 23.7 Å². The average Bonchev–Trinajstić information content (AvgIpc) is 3.04. The molecule has 0 atom stereocenters. The summed E-state index contributed by atoms with van der Waals surface area (Å²) in [5.41, 5.74) is 5.61. The zero-order valence-electron chi connectivity index (χ0n) is 15.2. The minimum atomic E-state index is 0.220. The second-order valence-corrected chi connectivity index (χ2v) is 7.74. The highest BCUT2D eigenvalue weighted by atomic mass is 35.5. The fraction of sp³-hybridized carbons (Fsp3) is 0.143. The lowest BCUT2D eigenvalue weighted by Gasteiger charge is -2.20. The molecule has 0 radical (unpaired) electrons. The summed E-state index contributed by atoms with van der Waals surface area (Å²) in [5.74, 6) is 0.969. The molecule has 0 amide bonds. The molecule has 0 unspecified atom stereocenters. The van der Waals surface area contributed by atoms with Crippen molar-refractivity contribution in [1.29, 1.82) is 0 Å². The number of aryl methyl sites for hydroxylation is 2. The Morgan fingerprint density at radius 1 is 1.00 bits per heavy atom. The molecule has 0 aliphatic heterocycles. The van der Waals surface area contributed by atoms with Crippen LogP contribution in [0.3, 0.4) is 0 Å². The van der Waals surface area contributed by atoms with Gasteiger partial charge in [-0.25, -0.2) is 4.98 Å². The van der Waals surface area contributed by atoms with Gasteiger partial charge in [-0.05, 0) is 60.8 Å². The molecule has 0 saturated heterocycles. The number of aromatic nitrogens is 2. The van der Waals surface area contributed by atoms with Crippen LogP contribution in [0.4, 0.5) is 11.5 Å². The van der Waals surface area contributed by atoms with E-state index in [1.165, 1.54) is 11.1 Å². The van der Waals surface area contributed by atoms with E-state index in [1.54, 1.807) is 23.5 Å². The normalized spacial score (nSPS) is 11.1. The van der Waals surface area contributed by atoms with Crippen molar-refractivity contribution in [3.05, 3.63) is 64.3 Å². The van der Waals surface area contributed by atoms with E-state index in [9.17, 15) is 5.11 Å². The summed E-state index contributed by atoms with van der Waals surface area (Å²) in [4.78, 5) is 11.8. The molecule has 6 heteroatoms. The summed E-state index contributed by atoms with van der Waals surface area (Å²) in [7, 11) is 1.94. The minimum Gasteiger partial charge on any atom is -0.508 e. The van der Waals surface area contributed by atoms with Gasteiger partial charge < -0.3 is 10.0 Å². The highest BCUT2D eigenvalue weighted by Crippen LogP contribution is 2.41. The third kappa shape index (κ3) is 3.24. The Morgan fingerprint density at radius 3 is 2.44 bits per heavy atom. The number of thiophene rings is 1. The van der Waals surface area contributed by atoms with Crippen molar-refractivity contribution >= 4 is 44.7 Å². The Labute approximate surface area is 166 Å². The molecule has 4 nitrogen and oxygen atoms in total. The zero-order chi connectivity index (χ0) is 19.1. The van der Waals surface area contributed by atoms with Crippen molar-refractivity contribution in [2.45, 2.75) is 13.8 Å². The van der Waals surface area contributed by atoms with Gasteiger partial charge in [-0.1, -0.05) is 23.8 Å². The van der Waals surface area contributed by atoms with Gasteiger partial charge in [0.1, 0.15) is 16.4 Å². The maximum absolute atomic E-state index is 9.57. The van der Waals surface area contributed by atoms with E-state index in [2.05, 4.69) is 47.4 Å². The summed E-state index contributed by atoms with van der Waals surface area (Å²) in [6.07, 6.45) is 0. The van der Waals surface area contributed by atoms with Crippen molar-refractivity contribution in [2.24, 2.45) is 0 Å². The third-order valence-electron chi connectivity index (χ3n) is 4.61. The largest absolute Gasteiger partial charge is 0.508 e. The maximum Gasteiger partial charge on any atom is 0.225 e. The molecule has 0 spiro atoms. The van der Waals surface area contributed by atoms with Crippen LogP contribution in [0.15, 0.2) is 47.8 Å². The van der Waals surface area contributed by atoms with Crippen LogP contribution in [0.1, 0.15) is 11.1 Å². The van der Waals surface area contributed by atoms with Crippen molar-refractivity contribution in [1.82, 2.24) is 9.97 Å². The number of halogens is 1. The summed E-state index contributed by atoms with van der Waals surface area (Å²) in [6, 6.07) is 13.5. The molecule has 2 aromatic carbocycles. The van der Waals surface area contributed by atoms with E-state index < -0.39 is 0 Å². The number of fused-ring (bicyclic) bond motifs is 1. The fourth-order valence-corrected chi connectivity index (χ4v) is 4.40.